The molecule has 0 bridgehead atoms. The van der Waals surface area contributed by atoms with Crippen molar-refractivity contribution >= 4 is 17.5 Å². The molecule has 1 aliphatic heterocycles. The molecular formula is C23H25F3N2O2. The summed E-state index contributed by atoms with van der Waals surface area (Å²) in [5, 5.41) is 3.01. The maximum atomic E-state index is 13.2. The fourth-order valence-electron chi connectivity index (χ4n) is 3.76. The molecule has 2 aromatic carbocycles. The minimum absolute atomic E-state index is 0.0479. The Labute approximate surface area is 174 Å². The zero-order valence-corrected chi connectivity index (χ0v) is 17.2. The Hall–Kier alpha value is -2.83. The molecule has 0 unspecified atom stereocenters. The molecule has 0 radical (unpaired) electrons. The molecule has 1 N–H and O–H groups in total. The molecular weight excluding hydrogens is 393 g/mol. The van der Waals surface area contributed by atoms with Crippen LogP contribution in [0.15, 0.2) is 48.5 Å². The molecule has 30 heavy (non-hydrogen) atoms. The number of rotatable bonds is 4. The molecule has 2 amide bonds. The lowest BCUT2D eigenvalue weighted by Gasteiger charge is -2.39. The van der Waals surface area contributed by atoms with Gasteiger partial charge in [0.1, 0.15) is 0 Å². The van der Waals surface area contributed by atoms with Crippen molar-refractivity contribution in [2.24, 2.45) is 0 Å². The van der Waals surface area contributed by atoms with Crippen molar-refractivity contribution in [3.05, 3.63) is 65.2 Å². The van der Waals surface area contributed by atoms with E-state index in [9.17, 15) is 22.8 Å². The third-order valence-electron chi connectivity index (χ3n) is 5.58. The second-order valence-corrected chi connectivity index (χ2v) is 7.76. The van der Waals surface area contributed by atoms with Crippen LogP contribution in [0.3, 0.4) is 0 Å². The zero-order chi connectivity index (χ0) is 22.1. The zero-order valence-electron chi connectivity index (χ0n) is 17.2. The third kappa shape index (κ3) is 4.35. The minimum Gasteiger partial charge on any atom is -0.353 e. The maximum absolute atomic E-state index is 13.2. The summed E-state index contributed by atoms with van der Waals surface area (Å²) in [6.07, 6.45) is -3.21. The molecule has 0 saturated carbocycles. The SMILES string of the molecule is CC[C@H](C)NC(=O)[C@@H]1C[C@@H](C)N(C(=O)c2ccc(C(F)(F)F)cc2)c2ccccc21. The van der Waals surface area contributed by atoms with Gasteiger partial charge in [0.15, 0.2) is 0 Å². The van der Waals surface area contributed by atoms with Gasteiger partial charge in [-0.25, -0.2) is 0 Å². The molecule has 4 nitrogen and oxygen atoms in total. The van der Waals surface area contributed by atoms with Gasteiger partial charge in [0.05, 0.1) is 11.5 Å². The summed E-state index contributed by atoms with van der Waals surface area (Å²) in [6.45, 7) is 5.78. The van der Waals surface area contributed by atoms with Crippen molar-refractivity contribution in [3.63, 3.8) is 0 Å². The molecule has 0 aliphatic carbocycles. The first-order valence-corrected chi connectivity index (χ1v) is 10.0. The number of hydrogen-bond donors (Lipinski definition) is 1. The van der Waals surface area contributed by atoms with E-state index in [1.807, 2.05) is 32.9 Å². The summed E-state index contributed by atoms with van der Waals surface area (Å²) >= 11 is 0. The van der Waals surface area contributed by atoms with E-state index in [4.69, 9.17) is 0 Å². The first kappa shape index (κ1) is 21.9. The lowest BCUT2D eigenvalue weighted by molar-refractivity contribution is -0.137. The lowest BCUT2D eigenvalue weighted by Crippen LogP contribution is -2.47. The van der Waals surface area contributed by atoms with Gasteiger partial charge < -0.3 is 10.2 Å². The van der Waals surface area contributed by atoms with Crippen LogP contribution in [0.2, 0.25) is 0 Å². The number of halogens is 3. The van der Waals surface area contributed by atoms with Crippen LogP contribution in [0.5, 0.6) is 0 Å². The average molecular weight is 418 g/mol. The highest BCUT2D eigenvalue weighted by atomic mass is 19.4. The normalized spacial score (nSPS) is 19.7. The van der Waals surface area contributed by atoms with E-state index >= 15 is 0 Å². The van der Waals surface area contributed by atoms with E-state index in [2.05, 4.69) is 5.32 Å². The molecule has 0 spiro atoms. The molecule has 160 valence electrons. The molecule has 1 heterocycles. The molecule has 3 atom stereocenters. The molecule has 3 rings (SSSR count). The molecule has 2 aromatic rings. The van der Waals surface area contributed by atoms with E-state index in [0.717, 1.165) is 24.1 Å². The van der Waals surface area contributed by atoms with Crippen molar-refractivity contribution in [2.75, 3.05) is 4.90 Å². The number of carbonyl (C=O) groups is 2. The number of nitrogens with one attached hydrogen (secondary N) is 1. The van der Waals surface area contributed by atoms with Gasteiger partial charge in [0, 0.05) is 23.3 Å². The van der Waals surface area contributed by atoms with Crippen LogP contribution in [-0.2, 0) is 11.0 Å². The predicted molar refractivity (Wildman–Crippen MR) is 109 cm³/mol. The van der Waals surface area contributed by atoms with Crippen LogP contribution in [0.4, 0.5) is 18.9 Å². The Bertz CT molecular complexity index is 925. The van der Waals surface area contributed by atoms with Gasteiger partial charge in [-0.3, -0.25) is 9.59 Å². The number of nitrogens with zero attached hydrogens (tertiary/aromatic N) is 1. The van der Waals surface area contributed by atoms with Gasteiger partial charge in [-0.05, 0) is 62.6 Å². The van der Waals surface area contributed by atoms with Crippen molar-refractivity contribution in [2.45, 2.75) is 57.8 Å². The summed E-state index contributed by atoms with van der Waals surface area (Å²) in [5.41, 5.74) is 0.738. The number of carbonyl (C=O) groups excluding carboxylic acids is 2. The summed E-state index contributed by atoms with van der Waals surface area (Å²) in [6, 6.07) is 11.2. The Morgan fingerprint density at radius 1 is 1.13 bits per heavy atom. The fraction of sp³-hybridized carbons (Fsp3) is 0.391. The molecule has 7 heteroatoms. The standard InChI is InChI=1S/C23H25F3N2O2/c1-4-14(2)27-21(29)19-13-15(3)28(20-8-6-5-7-18(19)20)22(30)16-9-11-17(12-10-16)23(24,25)26/h5-12,14-15,19H,4,13H2,1-3H3,(H,27,29)/t14-,15+,19+/m0/s1. The van der Waals surface area contributed by atoms with Crippen LogP contribution in [0.1, 0.15) is 61.0 Å². The van der Waals surface area contributed by atoms with Gasteiger partial charge in [-0.15, -0.1) is 0 Å². The Morgan fingerprint density at radius 2 is 1.77 bits per heavy atom. The van der Waals surface area contributed by atoms with Crippen LogP contribution < -0.4 is 10.2 Å². The molecule has 0 aromatic heterocycles. The van der Waals surface area contributed by atoms with Crippen molar-refractivity contribution < 1.29 is 22.8 Å². The number of anilines is 1. The van der Waals surface area contributed by atoms with E-state index in [1.165, 1.54) is 12.1 Å². The van der Waals surface area contributed by atoms with Gasteiger partial charge in [0.25, 0.3) is 5.91 Å². The molecule has 0 fully saturated rings. The Morgan fingerprint density at radius 3 is 2.37 bits per heavy atom. The second kappa shape index (κ2) is 8.50. The lowest BCUT2D eigenvalue weighted by atomic mass is 9.84. The van der Waals surface area contributed by atoms with Crippen LogP contribution >= 0.6 is 0 Å². The predicted octanol–water partition coefficient (Wildman–Crippen LogP) is 5.14. The maximum Gasteiger partial charge on any atom is 0.416 e. The number of amides is 2. The smallest absolute Gasteiger partial charge is 0.353 e. The van der Waals surface area contributed by atoms with E-state index in [0.29, 0.717) is 12.1 Å². The number of benzene rings is 2. The quantitative estimate of drug-likeness (QED) is 0.747. The summed E-state index contributed by atoms with van der Waals surface area (Å²) < 4.78 is 38.5. The largest absolute Gasteiger partial charge is 0.416 e. The fourth-order valence-corrected chi connectivity index (χ4v) is 3.76. The third-order valence-corrected chi connectivity index (χ3v) is 5.58. The van der Waals surface area contributed by atoms with Gasteiger partial charge in [-0.2, -0.15) is 13.2 Å². The summed E-state index contributed by atoms with van der Waals surface area (Å²) in [5.74, 6) is -0.850. The topological polar surface area (TPSA) is 49.4 Å². The number of para-hydroxylation sites is 1. The van der Waals surface area contributed by atoms with Gasteiger partial charge in [0.2, 0.25) is 5.91 Å². The van der Waals surface area contributed by atoms with E-state index in [1.54, 1.807) is 17.0 Å². The van der Waals surface area contributed by atoms with Crippen molar-refractivity contribution in [1.82, 2.24) is 5.32 Å². The number of hydrogen-bond acceptors (Lipinski definition) is 2. The van der Waals surface area contributed by atoms with Gasteiger partial charge in [-0.1, -0.05) is 25.1 Å². The monoisotopic (exact) mass is 418 g/mol. The highest BCUT2D eigenvalue weighted by Gasteiger charge is 2.37. The van der Waals surface area contributed by atoms with E-state index < -0.39 is 11.7 Å². The summed E-state index contributed by atoms with van der Waals surface area (Å²) in [7, 11) is 0. The summed E-state index contributed by atoms with van der Waals surface area (Å²) in [4.78, 5) is 27.6. The van der Waals surface area contributed by atoms with Gasteiger partial charge >= 0.3 is 6.18 Å². The van der Waals surface area contributed by atoms with Crippen LogP contribution in [0, 0.1) is 0 Å². The Kier molecular flexibility index (Phi) is 6.19. The van der Waals surface area contributed by atoms with Crippen molar-refractivity contribution in [1.29, 1.82) is 0 Å². The first-order chi connectivity index (χ1) is 14.1. The minimum atomic E-state index is -4.46. The molecule has 0 saturated heterocycles. The van der Waals surface area contributed by atoms with Crippen LogP contribution in [0.25, 0.3) is 0 Å². The second-order valence-electron chi connectivity index (χ2n) is 7.76. The van der Waals surface area contributed by atoms with Crippen LogP contribution in [-0.4, -0.2) is 23.9 Å². The molecule has 1 aliphatic rings. The van der Waals surface area contributed by atoms with Crippen molar-refractivity contribution in [3.8, 4) is 0 Å². The number of fused-ring (bicyclic) bond motifs is 1. The highest BCUT2D eigenvalue weighted by Crippen LogP contribution is 2.39. The average Bonchev–Trinajstić information content (AvgIpc) is 2.72. The van der Waals surface area contributed by atoms with E-state index in [-0.39, 0.29) is 35.4 Å². The first-order valence-electron chi connectivity index (χ1n) is 10.0. The Balaban J connectivity index is 1.92. The number of alkyl halides is 3. The highest BCUT2D eigenvalue weighted by molar-refractivity contribution is 6.08.